The van der Waals surface area contributed by atoms with E-state index in [0.717, 1.165) is 23.2 Å². The van der Waals surface area contributed by atoms with Crippen molar-refractivity contribution in [2.24, 2.45) is 0 Å². The molecule has 1 aliphatic rings. The Morgan fingerprint density at radius 3 is 2.74 bits per heavy atom. The fourth-order valence-electron chi connectivity index (χ4n) is 2.79. The second kappa shape index (κ2) is 6.42. The van der Waals surface area contributed by atoms with Crippen LogP contribution in [-0.2, 0) is 17.8 Å². The van der Waals surface area contributed by atoms with Gasteiger partial charge in [-0.1, -0.05) is 29.8 Å². The first-order valence-corrected chi connectivity index (χ1v) is 7.86. The van der Waals surface area contributed by atoms with Gasteiger partial charge in [0.15, 0.2) is 0 Å². The normalized spacial score (nSPS) is 12.9. The Kier molecular flexibility index (Phi) is 4.35. The minimum absolute atomic E-state index is 0.0275. The zero-order valence-corrected chi connectivity index (χ0v) is 13.6. The summed E-state index contributed by atoms with van der Waals surface area (Å²) in [6.07, 6.45) is 0.778. The monoisotopic (exact) mass is 328 g/mol. The summed E-state index contributed by atoms with van der Waals surface area (Å²) in [6, 6.07) is 12.9. The van der Waals surface area contributed by atoms with E-state index in [1.165, 1.54) is 0 Å². The van der Waals surface area contributed by atoms with Crippen LogP contribution in [0.5, 0.6) is 0 Å². The molecule has 0 radical (unpaired) electrons. The summed E-state index contributed by atoms with van der Waals surface area (Å²) in [5.74, 6) is -0.117. The van der Waals surface area contributed by atoms with Crippen molar-refractivity contribution in [3.63, 3.8) is 0 Å². The third-order valence-electron chi connectivity index (χ3n) is 4.01. The quantitative estimate of drug-likeness (QED) is 0.940. The first-order chi connectivity index (χ1) is 11.1. The molecule has 0 aliphatic carbocycles. The molecule has 0 spiro atoms. The average Bonchev–Trinajstić information content (AvgIpc) is 2.97. The van der Waals surface area contributed by atoms with E-state index in [0.29, 0.717) is 23.7 Å². The molecule has 0 atom stereocenters. The molecule has 1 aliphatic heterocycles. The smallest absolute Gasteiger partial charge is 0.251 e. The Bertz CT molecular complexity index is 773. The number of hydrogen-bond acceptors (Lipinski definition) is 2. The number of carbonyl (C=O) groups excluding carboxylic acids is 2. The molecule has 23 heavy (non-hydrogen) atoms. The second-order valence-electron chi connectivity index (χ2n) is 5.54. The van der Waals surface area contributed by atoms with E-state index >= 15 is 0 Å². The van der Waals surface area contributed by atoms with Crippen LogP contribution in [0.3, 0.4) is 0 Å². The molecule has 0 bridgehead atoms. The van der Waals surface area contributed by atoms with Gasteiger partial charge in [-0.25, -0.2) is 0 Å². The van der Waals surface area contributed by atoms with Gasteiger partial charge in [-0.3, -0.25) is 9.59 Å². The maximum Gasteiger partial charge on any atom is 0.251 e. The predicted molar refractivity (Wildman–Crippen MR) is 90.8 cm³/mol. The van der Waals surface area contributed by atoms with Gasteiger partial charge in [0, 0.05) is 36.3 Å². The van der Waals surface area contributed by atoms with E-state index in [4.69, 9.17) is 11.6 Å². The van der Waals surface area contributed by atoms with Gasteiger partial charge in [0.25, 0.3) is 5.91 Å². The number of anilines is 1. The summed E-state index contributed by atoms with van der Waals surface area (Å²) in [7, 11) is 0. The molecular weight excluding hydrogens is 312 g/mol. The highest BCUT2D eigenvalue weighted by Crippen LogP contribution is 2.28. The lowest BCUT2D eigenvalue weighted by Crippen LogP contribution is -2.26. The molecule has 4 nitrogen and oxygen atoms in total. The first-order valence-electron chi connectivity index (χ1n) is 7.49. The van der Waals surface area contributed by atoms with Crippen molar-refractivity contribution in [2.75, 3.05) is 11.4 Å². The Hall–Kier alpha value is -2.33. The van der Waals surface area contributed by atoms with Gasteiger partial charge < -0.3 is 10.2 Å². The zero-order chi connectivity index (χ0) is 16.4. The summed E-state index contributed by atoms with van der Waals surface area (Å²) in [6.45, 7) is 2.61. The molecule has 1 heterocycles. The number of rotatable bonds is 3. The summed E-state index contributed by atoms with van der Waals surface area (Å²) in [4.78, 5) is 25.6. The van der Waals surface area contributed by atoms with Gasteiger partial charge in [0.05, 0.1) is 0 Å². The minimum atomic E-state index is -0.144. The Morgan fingerprint density at radius 2 is 2.00 bits per heavy atom. The molecule has 1 N–H and O–H groups in total. The number of nitrogens with one attached hydrogen (secondary N) is 1. The Balaban J connectivity index is 1.72. The van der Waals surface area contributed by atoms with Gasteiger partial charge in [-0.05, 0) is 41.8 Å². The molecule has 0 saturated heterocycles. The van der Waals surface area contributed by atoms with Crippen LogP contribution in [0, 0.1) is 0 Å². The lowest BCUT2D eigenvalue weighted by atomic mass is 10.1. The molecule has 2 aromatic rings. The zero-order valence-electron chi connectivity index (χ0n) is 12.8. The minimum Gasteiger partial charge on any atom is -0.348 e. The van der Waals surface area contributed by atoms with Gasteiger partial charge >= 0.3 is 0 Å². The summed E-state index contributed by atoms with van der Waals surface area (Å²) in [5.41, 5.74) is 3.42. The number of amides is 2. The van der Waals surface area contributed by atoms with Crippen LogP contribution in [-0.4, -0.2) is 18.4 Å². The fraction of sp³-hybridized carbons (Fsp3) is 0.222. The van der Waals surface area contributed by atoms with Crippen LogP contribution < -0.4 is 10.2 Å². The predicted octanol–water partition coefficient (Wildman–Crippen LogP) is 3.18. The van der Waals surface area contributed by atoms with Gasteiger partial charge in [0.1, 0.15) is 0 Å². The molecule has 0 unspecified atom stereocenters. The standard InChI is InChI=1S/C18H17ClN2O2/c1-12(22)21-9-8-13-10-14(6-7-17(13)21)18(23)20-11-15-4-2-3-5-16(15)19/h2-7,10H,8-9,11H2,1H3,(H,20,23). The summed E-state index contributed by atoms with van der Waals surface area (Å²) < 4.78 is 0. The van der Waals surface area contributed by atoms with Gasteiger partial charge in [-0.2, -0.15) is 0 Å². The van der Waals surface area contributed by atoms with Crippen molar-refractivity contribution >= 4 is 29.1 Å². The Labute approximate surface area is 140 Å². The number of fused-ring (bicyclic) bond motifs is 1. The van der Waals surface area contributed by atoms with Crippen LogP contribution >= 0.6 is 11.6 Å². The van der Waals surface area contributed by atoms with Crippen molar-refractivity contribution in [1.29, 1.82) is 0 Å². The van der Waals surface area contributed by atoms with Crippen molar-refractivity contribution in [3.05, 3.63) is 64.2 Å². The molecule has 2 amide bonds. The molecule has 2 aromatic carbocycles. The topological polar surface area (TPSA) is 49.4 Å². The van der Waals surface area contributed by atoms with Crippen molar-refractivity contribution < 1.29 is 9.59 Å². The third kappa shape index (κ3) is 3.22. The van der Waals surface area contributed by atoms with Crippen molar-refractivity contribution in [1.82, 2.24) is 5.32 Å². The maximum absolute atomic E-state index is 12.3. The van der Waals surface area contributed by atoms with E-state index in [2.05, 4.69) is 5.32 Å². The lowest BCUT2D eigenvalue weighted by molar-refractivity contribution is -0.116. The van der Waals surface area contributed by atoms with Crippen molar-refractivity contribution in [3.8, 4) is 0 Å². The van der Waals surface area contributed by atoms with E-state index in [1.54, 1.807) is 24.0 Å². The molecular formula is C18H17ClN2O2. The van der Waals surface area contributed by atoms with Crippen LogP contribution in [0.15, 0.2) is 42.5 Å². The third-order valence-corrected chi connectivity index (χ3v) is 4.38. The van der Waals surface area contributed by atoms with Crippen LogP contribution in [0.25, 0.3) is 0 Å². The van der Waals surface area contributed by atoms with Crippen LogP contribution in [0.1, 0.15) is 28.4 Å². The number of benzene rings is 2. The number of nitrogens with zero attached hydrogens (tertiary/aromatic N) is 1. The summed E-state index contributed by atoms with van der Waals surface area (Å²) >= 11 is 6.09. The highest BCUT2D eigenvalue weighted by Gasteiger charge is 2.23. The van der Waals surface area contributed by atoms with Crippen molar-refractivity contribution in [2.45, 2.75) is 19.9 Å². The fourth-order valence-corrected chi connectivity index (χ4v) is 2.99. The molecule has 3 rings (SSSR count). The van der Waals surface area contributed by atoms with Gasteiger partial charge in [0.2, 0.25) is 5.91 Å². The average molecular weight is 329 g/mol. The molecule has 0 fully saturated rings. The summed E-state index contributed by atoms with van der Waals surface area (Å²) in [5, 5.41) is 3.52. The molecule has 0 aromatic heterocycles. The number of carbonyl (C=O) groups is 2. The van der Waals surface area contributed by atoms with E-state index in [-0.39, 0.29) is 11.8 Å². The number of hydrogen-bond donors (Lipinski definition) is 1. The highest BCUT2D eigenvalue weighted by molar-refractivity contribution is 6.31. The second-order valence-corrected chi connectivity index (χ2v) is 5.95. The maximum atomic E-state index is 12.3. The van der Waals surface area contributed by atoms with Crippen LogP contribution in [0.2, 0.25) is 5.02 Å². The van der Waals surface area contributed by atoms with E-state index in [1.807, 2.05) is 30.3 Å². The molecule has 5 heteroatoms. The molecule has 118 valence electrons. The largest absolute Gasteiger partial charge is 0.348 e. The van der Waals surface area contributed by atoms with E-state index < -0.39 is 0 Å². The Morgan fingerprint density at radius 1 is 1.22 bits per heavy atom. The number of halogens is 1. The SMILES string of the molecule is CC(=O)N1CCc2cc(C(=O)NCc3ccccc3Cl)ccc21. The lowest BCUT2D eigenvalue weighted by Gasteiger charge is -2.14. The van der Waals surface area contributed by atoms with E-state index in [9.17, 15) is 9.59 Å². The molecule has 0 saturated carbocycles. The van der Waals surface area contributed by atoms with Crippen LogP contribution in [0.4, 0.5) is 5.69 Å². The first kappa shape index (κ1) is 15.6. The highest BCUT2D eigenvalue weighted by atomic mass is 35.5. The van der Waals surface area contributed by atoms with Gasteiger partial charge in [-0.15, -0.1) is 0 Å².